The largest absolute Gasteiger partial charge is 0.340 e. The van der Waals surface area contributed by atoms with E-state index in [1.54, 1.807) is 11.9 Å². The third-order valence-corrected chi connectivity index (χ3v) is 3.15. The third-order valence-electron chi connectivity index (χ3n) is 2.11. The Balaban J connectivity index is 2.75. The fourth-order valence-corrected chi connectivity index (χ4v) is 2.54. The molecule has 0 aliphatic rings. The maximum Gasteiger partial charge on any atom is 0.267 e. The van der Waals surface area contributed by atoms with Crippen molar-refractivity contribution in [2.45, 2.75) is 31.5 Å². The first-order valence-electron chi connectivity index (χ1n) is 5.27. The number of aromatic nitrogens is 2. The molecule has 0 fully saturated rings. The Hall–Kier alpha value is -0.490. The van der Waals surface area contributed by atoms with Gasteiger partial charge in [-0.05, 0) is 18.0 Å². The molecule has 0 aliphatic heterocycles. The van der Waals surface area contributed by atoms with Crippen molar-refractivity contribution in [1.29, 1.82) is 0 Å². The molecule has 1 aromatic rings. The predicted octanol–water partition coefficient (Wildman–Crippen LogP) is 2.35. The Kier molecular flexibility index (Phi) is 5.34. The number of rotatable bonds is 5. The van der Waals surface area contributed by atoms with E-state index in [4.69, 9.17) is 0 Å². The molecule has 1 unspecified atom stereocenters. The SMILES string of the molecule is CCCc1nnsc1C(=O)N(C)CC(C)Br. The molecule has 1 aromatic heterocycles. The number of hydrogen-bond donors (Lipinski definition) is 0. The van der Waals surface area contributed by atoms with Crippen LogP contribution in [-0.2, 0) is 6.42 Å². The molecule has 0 N–H and O–H groups in total. The zero-order valence-electron chi connectivity index (χ0n) is 9.73. The van der Waals surface area contributed by atoms with Crippen molar-refractivity contribution in [3.05, 3.63) is 10.6 Å². The van der Waals surface area contributed by atoms with Gasteiger partial charge in [0, 0.05) is 18.4 Å². The van der Waals surface area contributed by atoms with Gasteiger partial charge in [-0.15, -0.1) is 5.10 Å². The van der Waals surface area contributed by atoms with Crippen LogP contribution in [0.1, 0.15) is 35.6 Å². The lowest BCUT2D eigenvalue weighted by Gasteiger charge is -2.17. The minimum Gasteiger partial charge on any atom is -0.340 e. The minimum atomic E-state index is 0.0183. The van der Waals surface area contributed by atoms with Gasteiger partial charge >= 0.3 is 0 Å². The Morgan fingerprint density at radius 2 is 2.31 bits per heavy atom. The van der Waals surface area contributed by atoms with Gasteiger partial charge in [-0.2, -0.15) is 0 Å². The smallest absolute Gasteiger partial charge is 0.267 e. The van der Waals surface area contributed by atoms with Crippen LogP contribution in [0.5, 0.6) is 0 Å². The molecular weight excluding hydrogens is 290 g/mol. The van der Waals surface area contributed by atoms with Crippen molar-refractivity contribution in [2.75, 3.05) is 13.6 Å². The van der Waals surface area contributed by atoms with Gasteiger partial charge in [0.15, 0.2) is 0 Å². The zero-order valence-corrected chi connectivity index (χ0v) is 12.1. The summed E-state index contributed by atoms with van der Waals surface area (Å²) in [5, 5.41) is 4.00. The minimum absolute atomic E-state index is 0.0183. The van der Waals surface area contributed by atoms with E-state index in [9.17, 15) is 4.79 Å². The normalized spacial score (nSPS) is 12.5. The number of carbonyl (C=O) groups is 1. The maximum absolute atomic E-state index is 12.1. The summed E-state index contributed by atoms with van der Waals surface area (Å²) >= 11 is 4.62. The second-order valence-corrected chi connectivity index (χ2v) is 6.08. The van der Waals surface area contributed by atoms with Crippen LogP contribution in [0.25, 0.3) is 0 Å². The van der Waals surface area contributed by atoms with Crippen LogP contribution in [-0.4, -0.2) is 38.8 Å². The first-order chi connectivity index (χ1) is 7.56. The Bertz CT molecular complexity index is 354. The first-order valence-corrected chi connectivity index (χ1v) is 6.96. The highest BCUT2D eigenvalue weighted by atomic mass is 79.9. The van der Waals surface area contributed by atoms with Crippen LogP contribution in [0.3, 0.4) is 0 Å². The van der Waals surface area contributed by atoms with Crippen LogP contribution in [0.15, 0.2) is 0 Å². The fourth-order valence-electron chi connectivity index (χ4n) is 1.41. The molecule has 0 aliphatic carbocycles. The van der Waals surface area contributed by atoms with E-state index in [0.717, 1.165) is 18.5 Å². The number of carbonyl (C=O) groups excluding carboxylic acids is 1. The van der Waals surface area contributed by atoms with Crippen LogP contribution in [0.2, 0.25) is 0 Å². The monoisotopic (exact) mass is 305 g/mol. The number of hydrogen-bond acceptors (Lipinski definition) is 4. The van der Waals surface area contributed by atoms with E-state index in [0.29, 0.717) is 11.4 Å². The summed E-state index contributed by atoms with van der Waals surface area (Å²) in [4.78, 5) is 14.7. The van der Waals surface area contributed by atoms with Crippen molar-refractivity contribution in [1.82, 2.24) is 14.5 Å². The number of halogens is 1. The summed E-state index contributed by atoms with van der Waals surface area (Å²) in [7, 11) is 1.80. The Morgan fingerprint density at radius 3 is 2.88 bits per heavy atom. The molecule has 0 aromatic carbocycles. The highest BCUT2D eigenvalue weighted by Gasteiger charge is 2.19. The van der Waals surface area contributed by atoms with Gasteiger partial charge in [0.2, 0.25) is 0 Å². The van der Waals surface area contributed by atoms with Gasteiger partial charge in [0.25, 0.3) is 5.91 Å². The average molecular weight is 306 g/mol. The lowest BCUT2D eigenvalue weighted by Crippen LogP contribution is -2.31. The number of alkyl halides is 1. The van der Waals surface area contributed by atoms with Crippen LogP contribution < -0.4 is 0 Å². The van der Waals surface area contributed by atoms with Crippen LogP contribution in [0, 0.1) is 0 Å². The number of aryl methyl sites for hydroxylation is 1. The Labute approximate surface area is 108 Å². The molecule has 0 spiro atoms. The molecule has 1 amide bonds. The number of nitrogens with zero attached hydrogens (tertiary/aromatic N) is 3. The van der Waals surface area contributed by atoms with Crippen molar-refractivity contribution in [3.8, 4) is 0 Å². The van der Waals surface area contributed by atoms with Gasteiger partial charge < -0.3 is 4.90 Å². The van der Waals surface area contributed by atoms with Crippen molar-refractivity contribution in [2.24, 2.45) is 0 Å². The fraction of sp³-hybridized carbons (Fsp3) is 0.700. The van der Waals surface area contributed by atoms with Crippen molar-refractivity contribution >= 4 is 33.4 Å². The van der Waals surface area contributed by atoms with Crippen molar-refractivity contribution < 1.29 is 4.79 Å². The summed E-state index contributed by atoms with van der Waals surface area (Å²) < 4.78 is 3.86. The summed E-state index contributed by atoms with van der Waals surface area (Å²) in [5.41, 5.74) is 0.826. The van der Waals surface area contributed by atoms with Gasteiger partial charge in [0.1, 0.15) is 4.88 Å². The van der Waals surface area contributed by atoms with Gasteiger partial charge in [-0.1, -0.05) is 40.7 Å². The molecule has 1 atom stereocenters. The second-order valence-electron chi connectivity index (χ2n) is 3.77. The molecule has 1 rings (SSSR count). The molecule has 0 bridgehead atoms. The molecule has 4 nitrogen and oxygen atoms in total. The summed E-state index contributed by atoms with van der Waals surface area (Å²) in [6.45, 7) is 4.77. The lowest BCUT2D eigenvalue weighted by atomic mass is 10.2. The molecule has 90 valence electrons. The topological polar surface area (TPSA) is 46.1 Å². The van der Waals surface area contributed by atoms with E-state index < -0.39 is 0 Å². The third kappa shape index (κ3) is 3.52. The molecular formula is C10H16BrN3OS. The van der Waals surface area contributed by atoms with Gasteiger partial charge in [0.05, 0.1) is 5.69 Å². The molecule has 0 radical (unpaired) electrons. The average Bonchev–Trinajstić information content (AvgIpc) is 2.64. The van der Waals surface area contributed by atoms with Crippen molar-refractivity contribution in [3.63, 3.8) is 0 Å². The highest BCUT2D eigenvalue weighted by molar-refractivity contribution is 9.09. The van der Waals surface area contributed by atoms with E-state index in [1.807, 2.05) is 6.92 Å². The van der Waals surface area contributed by atoms with Gasteiger partial charge in [-0.25, -0.2) is 0 Å². The highest BCUT2D eigenvalue weighted by Crippen LogP contribution is 2.15. The molecule has 6 heteroatoms. The zero-order chi connectivity index (χ0) is 12.1. The van der Waals surface area contributed by atoms with E-state index >= 15 is 0 Å². The molecule has 1 heterocycles. The van der Waals surface area contributed by atoms with Crippen LogP contribution >= 0.6 is 27.5 Å². The second kappa shape index (κ2) is 6.30. The first kappa shape index (κ1) is 13.6. The van der Waals surface area contributed by atoms with E-state index in [1.165, 1.54) is 11.5 Å². The summed E-state index contributed by atoms with van der Waals surface area (Å²) in [6, 6.07) is 0. The van der Waals surface area contributed by atoms with E-state index in [-0.39, 0.29) is 10.7 Å². The lowest BCUT2D eigenvalue weighted by molar-refractivity contribution is 0.0801. The quantitative estimate of drug-likeness (QED) is 0.785. The van der Waals surface area contributed by atoms with E-state index in [2.05, 4.69) is 32.4 Å². The van der Waals surface area contributed by atoms with Crippen LogP contribution in [0.4, 0.5) is 0 Å². The Morgan fingerprint density at radius 1 is 1.62 bits per heavy atom. The van der Waals surface area contributed by atoms with Gasteiger partial charge in [-0.3, -0.25) is 4.79 Å². The standard InChI is InChI=1S/C10H16BrN3OS/c1-4-5-8-9(16-13-12-8)10(15)14(3)6-7(2)11/h7H,4-6H2,1-3H3. The maximum atomic E-state index is 12.1. The summed E-state index contributed by atoms with van der Waals surface area (Å²) in [5.74, 6) is 0.0183. The molecule has 0 saturated carbocycles. The summed E-state index contributed by atoms with van der Waals surface area (Å²) in [6.07, 6.45) is 1.79. The molecule has 0 saturated heterocycles. The molecule has 16 heavy (non-hydrogen) atoms. The number of amides is 1. The predicted molar refractivity (Wildman–Crippen MR) is 69.3 cm³/mol.